The summed E-state index contributed by atoms with van der Waals surface area (Å²) >= 11 is 0. The van der Waals surface area contributed by atoms with Gasteiger partial charge in [0.25, 0.3) is 0 Å². The Morgan fingerprint density at radius 2 is 1.03 bits per heavy atom. The molecule has 0 aromatic heterocycles. The Hall–Kier alpha value is -1.79. The fourth-order valence-corrected chi connectivity index (χ4v) is 8.78. The van der Waals surface area contributed by atoms with Gasteiger partial charge in [-0.1, -0.05) is 185 Å². The van der Waals surface area contributed by atoms with Crippen molar-refractivity contribution in [1.82, 2.24) is 5.32 Å². The highest BCUT2D eigenvalue weighted by molar-refractivity contribution is 5.76. The number of carbonyl (C=O) groups excluding carboxylic acids is 1. The maximum Gasteiger partial charge on any atom is 0.220 e. The minimum absolute atomic E-state index is 0.218. The van der Waals surface area contributed by atoms with Crippen LogP contribution in [-0.4, -0.2) is 140 Å². The standard InChI is InChI=1S/C53H97NO13/c1-3-5-7-9-11-13-15-17-19-21-23-25-27-29-31-33-35-37-45(58)54-41(42(57)36-34-32-30-28-26-24-22-20-18-16-14-12-10-8-6-4-2)40-64-52-50(63)48(61)51(44(39-56)66-52)67-53-49(62)47(60)46(59)43(38-55)65-53/h5,7,11,13,17,19,41-44,46-53,55-57,59-63H,3-4,6,8-10,12,14-16,18,20-40H2,1-2H3,(H,54,58)/b7-5-,13-11-,19-17-. The van der Waals surface area contributed by atoms with E-state index in [2.05, 4.69) is 55.6 Å². The van der Waals surface area contributed by atoms with Crippen molar-refractivity contribution in [3.8, 4) is 0 Å². The minimum Gasteiger partial charge on any atom is -0.394 e. The number of hydrogen-bond donors (Lipinski definition) is 9. The first kappa shape index (κ1) is 61.3. The molecule has 0 aromatic rings. The van der Waals surface area contributed by atoms with Crippen molar-refractivity contribution < 1.29 is 64.6 Å². The van der Waals surface area contributed by atoms with Gasteiger partial charge in [-0.05, 0) is 44.9 Å². The van der Waals surface area contributed by atoms with Gasteiger partial charge in [0.15, 0.2) is 12.6 Å². The molecule has 0 radical (unpaired) electrons. The van der Waals surface area contributed by atoms with E-state index in [0.29, 0.717) is 19.3 Å². The molecular formula is C53H97NO13. The van der Waals surface area contributed by atoms with Gasteiger partial charge in [0, 0.05) is 6.42 Å². The molecule has 9 N–H and O–H groups in total. The first-order valence-corrected chi connectivity index (χ1v) is 26.7. The van der Waals surface area contributed by atoms with Gasteiger partial charge in [-0.15, -0.1) is 0 Å². The van der Waals surface area contributed by atoms with Gasteiger partial charge in [0.1, 0.15) is 48.8 Å². The van der Waals surface area contributed by atoms with Crippen molar-refractivity contribution in [2.75, 3.05) is 19.8 Å². The fourth-order valence-electron chi connectivity index (χ4n) is 8.78. The Balaban J connectivity index is 1.82. The predicted octanol–water partition coefficient (Wildman–Crippen LogP) is 7.49. The molecule has 67 heavy (non-hydrogen) atoms. The van der Waals surface area contributed by atoms with Crippen LogP contribution >= 0.6 is 0 Å². The Labute approximate surface area is 404 Å². The van der Waals surface area contributed by atoms with Crippen molar-refractivity contribution in [2.45, 2.75) is 274 Å². The van der Waals surface area contributed by atoms with Crippen LogP contribution < -0.4 is 5.32 Å². The van der Waals surface area contributed by atoms with Crippen LogP contribution in [0.4, 0.5) is 0 Å². The number of allylic oxidation sites excluding steroid dienone is 6. The third-order valence-corrected chi connectivity index (χ3v) is 13.1. The number of rotatable bonds is 41. The first-order chi connectivity index (χ1) is 32.6. The predicted molar refractivity (Wildman–Crippen MR) is 263 cm³/mol. The summed E-state index contributed by atoms with van der Waals surface area (Å²) < 4.78 is 22.8. The number of amides is 1. The lowest BCUT2D eigenvalue weighted by Crippen LogP contribution is -2.65. The van der Waals surface area contributed by atoms with E-state index in [9.17, 15) is 45.6 Å². The second kappa shape index (κ2) is 39.9. The van der Waals surface area contributed by atoms with Crippen LogP contribution in [0.1, 0.15) is 200 Å². The number of unbranched alkanes of at least 4 members (excludes halogenated alkanes) is 22. The average Bonchev–Trinajstić information content (AvgIpc) is 3.32. The summed E-state index contributed by atoms with van der Waals surface area (Å²) in [7, 11) is 0. The molecule has 14 heteroatoms. The smallest absolute Gasteiger partial charge is 0.220 e. The normalized spacial score (nSPS) is 26.8. The molecule has 2 heterocycles. The van der Waals surface area contributed by atoms with Crippen LogP contribution in [0.3, 0.4) is 0 Å². The molecule has 2 fully saturated rings. The monoisotopic (exact) mass is 956 g/mol. The van der Waals surface area contributed by atoms with Crippen molar-refractivity contribution in [3.05, 3.63) is 36.5 Å². The molecule has 14 nitrogen and oxygen atoms in total. The summed E-state index contributed by atoms with van der Waals surface area (Å²) in [5, 5.41) is 87.0. The second-order valence-electron chi connectivity index (χ2n) is 19.0. The highest BCUT2D eigenvalue weighted by Crippen LogP contribution is 2.30. The number of aliphatic hydroxyl groups is 8. The molecular weight excluding hydrogens is 859 g/mol. The lowest BCUT2D eigenvalue weighted by molar-refractivity contribution is -0.359. The molecule has 0 aliphatic carbocycles. The third-order valence-electron chi connectivity index (χ3n) is 13.1. The second-order valence-corrected chi connectivity index (χ2v) is 19.0. The average molecular weight is 956 g/mol. The van der Waals surface area contributed by atoms with Gasteiger partial charge in [0.2, 0.25) is 5.91 Å². The Kier molecular flexibility index (Phi) is 36.5. The largest absolute Gasteiger partial charge is 0.394 e. The minimum atomic E-state index is -1.78. The highest BCUT2D eigenvalue weighted by atomic mass is 16.7. The van der Waals surface area contributed by atoms with Gasteiger partial charge in [-0.25, -0.2) is 0 Å². The van der Waals surface area contributed by atoms with E-state index in [4.69, 9.17) is 18.9 Å². The molecule has 0 bridgehead atoms. The quantitative estimate of drug-likeness (QED) is 0.0214. The molecule has 2 saturated heterocycles. The number of hydrogen-bond acceptors (Lipinski definition) is 13. The van der Waals surface area contributed by atoms with E-state index in [1.807, 2.05) is 0 Å². The van der Waals surface area contributed by atoms with Gasteiger partial charge in [0.05, 0.1) is 32.0 Å². The molecule has 2 aliphatic heterocycles. The van der Waals surface area contributed by atoms with Gasteiger partial charge in [-0.2, -0.15) is 0 Å². The molecule has 392 valence electrons. The van der Waals surface area contributed by atoms with Crippen molar-refractivity contribution in [2.24, 2.45) is 0 Å². The van der Waals surface area contributed by atoms with Crippen LogP contribution in [0.15, 0.2) is 36.5 Å². The zero-order valence-electron chi connectivity index (χ0n) is 41.6. The summed E-state index contributed by atoms with van der Waals surface area (Å²) in [6.07, 6.45) is 28.5. The van der Waals surface area contributed by atoms with E-state index < -0.39 is 86.8 Å². The fraction of sp³-hybridized carbons (Fsp3) is 0.868. The topological polar surface area (TPSA) is 228 Å². The Morgan fingerprint density at radius 3 is 1.58 bits per heavy atom. The van der Waals surface area contributed by atoms with E-state index >= 15 is 0 Å². The lowest BCUT2D eigenvalue weighted by atomic mass is 9.97. The van der Waals surface area contributed by atoms with Gasteiger partial charge >= 0.3 is 0 Å². The lowest BCUT2D eigenvalue weighted by Gasteiger charge is -2.46. The Bertz CT molecular complexity index is 1270. The van der Waals surface area contributed by atoms with Crippen molar-refractivity contribution in [1.29, 1.82) is 0 Å². The van der Waals surface area contributed by atoms with Crippen LogP contribution in [-0.2, 0) is 23.7 Å². The summed E-state index contributed by atoms with van der Waals surface area (Å²) in [6, 6.07) is -0.833. The van der Waals surface area contributed by atoms with E-state index in [-0.39, 0.29) is 12.5 Å². The highest BCUT2D eigenvalue weighted by Gasteiger charge is 2.51. The molecule has 12 atom stereocenters. The molecule has 2 rings (SSSR count). The molecule has 0 spiro atoms. The van der Waals surface area contributed by atoms with Crippen molar-refractivity contribution in [3.63, 3.8) is 0 Å². The Morgan fingerprint density at radius 1 is 0.552 bits per heavy atom. The first-order valence-electron chi connectivity index (χ1n) is 26.7. The van der Waals surface area contributed by atoms with Gasteiger partial charge in [-0.3, -0.25) is 4.79 Å². The maximum absolute atomic E-state index is 13.2. The molecule has 0 aromatic carbocycles. The zero-order valence-corrected chi connectivity index (χ0v) is 41.6. The van der Waals surface area contributed by atoms with E-state index in [1.54, 1.807) is 0 Å². The zero-order chi connectivity index (χ0) is 48.9. The van der Waals surface area contributed by atoms with Crippen LogP contribution in [0.5, 0.6) is 0 Å². The summed E-state index contributed by atoms with van der Waals surface area (Å²) in [5.74, 6) is -0.218. The van der Waals surface area contributed by atoms with Crippen LogP contribution in [0.25, 0.3) is 0 Å². The SMILES string of the molecule is CC/C=C\C/C=C\C/C=C\CCCCCCCCCC(=O)NC(COC1OC(CO)C(OC2OC(CO)C(O)C(O)C2O)C(O)C1O)C(O)CCCCCCCCCCCCCCCCCC. The van der Waals surface area contributed by atoms with E-state index in [0.717, 1.165) is 77.0 Å². The van der Waals surface area contributed by atoms with Crippen LogP contribution in [0, 0.1) is 0 Å². The van der Waals surface area contributed by atoms with Crippen LogP contribution in [0.2, 0.25) is 0 Å². The molecule has 2 aliphatic rings. The van der Waals surface area contributed by atoms with Crippen molar-refractivity contribution >= 4 is 5.91 Å². The summed E-state index contributed by atoms with van der Waals surface area (Å²) in [4.78, 5) is 13.2. The van der Waals surface area contributed by atoms with Gasteiger partial charge < -0.3 is 65.1 Å². The third kappa shape index (κ3) is 26.8. The molecule has 12 unspecified atom stereocenters. The maximum atomic E-state index is 13.2. The summed E-state index contributed by atoms with van der Waals surface area (Å²) in [6.45, 7) is 2.74. The number of ether oxygens (including phenoxy) is 4. The molecule has 0 saturated carbocycles. The number of aliphatic hydroxyl groups excluding tert-OH is 8. The van der Waals surface area contributed by atoms with E-state index in [1.165, 1.54) is 89.9 Å². The number of carbonyl (C=O) groups is 1. The summed E-state index contributed by atoms with van der Waals surface area (Å²) in [5.41, 5.74) is 0. The number of nitrogens with one attached hydrogen (secondary N) is 1. The molecule has 1 amide bonds.